The summed E-state index contributed by atoms with van der Waals surface area (Å²) in [4.78, 5) is 41.4. The number of hydrogen-bond donors (Lipinski definition) is 2. The van der Waals surface area contributed by atoms with Crippen LogP contribution in [0.4, 0.5) is 0 Å². The average molecular weight is 557 g/mol. The van der Waals surface area contributed by atoms with Crippen LogP contribution in [0.3, 0.4) is 0 Å². The molecule has 0 amide bonds. The van der Waals surface area contributed by atoms with Gasteiger partial charge in [0, 0.05) is 12.8 Å². The number of ether oxygens (including phenoxy) is 2. The van der Waals surface area contributed by atoms with Crippen molar-refractivity contribution in [1.29, 1.82) is 0 Å². The van der Waals surface area contributed by atoms with E-state index in [-0.39, 0.29) is 19.4 Å². The molecule has 0 rings (SSSR count). The molecule has 0 aromatic carbocycles. The third kappa shape index (κ3) is 27.1. The van der Waals surface area contributed by atoms with E-state index in [9.17, 15) is 14.2 Å². The van der Waals surface area contributed by atoms with Crippen molar-refractivity contribution in [3.63, 3.8) is 0 Å². The molecule has 0 saturated carbocycles. The molecule has 1 unspecified atom stereocenters. The van der Waals surface area contributed by atoms with Crippen molar-refractivity contribution < 1.29 is 37.9 Å². The fourth-order valence-corrected chi connectivity index (χ4v) is 3.70. The van der Waals surface area contributed by atoms with Crippen LogP contribution >= 0.6 is 7.82 Å². The molecule has 0 aromatic rings. The molecule has 1 atom stereocenters. The minimum atomic E-state index is -4.72. The standard InChI is InChI=1S/C29H49O8P/c1-3-5-6-7-8-9-10-11-12-13-14-15-16-17-18-19-20-21-22-24-29(31)37-27(26-36-38(32,33)34)25-35-28(30)23-4-2/h5-6,8-9,11-12,14-15,27H,3-4,7,10,13,16-26H2,1-2H3,(H2,32,33,34)/b6-5-,9-8-,12-11-,15-14-. The Balaban J connectivity index is 3.86. The summed E-state index contributed by atoms with van der Waals surface area (Å²) in [6.07, 6.45) is 28.6. The summed E-state index contributed by atoms with van der Waals surface area (Å²) in [6.45, 7) is 3.11. The smallest absolute Gasteiger partial charge is 0.462 e. The molecule has 0 aliphatic carbocycles. The lowest BCUT2D eigenvalue weighted by Crippen LogP contribution is -2.29. The van der Waals surface area contributed by atoms with E-state index in [0.29, 0.717) is 12.8 Å². The number of hydrogen-bond acceptors (Lipinski definition) is 6. The van der Waals surface area contributed by atoms with E-state index in [2.05, 4.69) is 60.1 Å². The number of phosphoric acid groups is 1. The van der Waals surface area contributed by atoms with E-state index >= 15 is 0 Å². The lowest BCUT2D eigenvalue weighted by molar-refractivity contribution is -0.161. The van der Waals surface area contributed by atoms with E-state index in [1.807, 2.05) is 6.92 Å². The van der Waals surface area contributed by atoms with Crippen LogP contribution in [0.15, 0.2) is 48.6 Å². The lowest BCUT2D eigenvalue weighted by atomic mass is 10.1. The summed E-state index contributed by atoms with van der Waals surface area (Å²) in [7, 11) is -4.72. The van der Waals surface area contributed by atoms with E-state index in [1.165, 1.54) is 0 Å². The first-order valence-corrected chi connectivity index (χ1v) is 15.5. The molecule has 218 valence electrons. The molecule has 0 fully saturated rings. The van der Waals surface area contributed by atoms with Gasteiger partial charge < -0.3 is 19.3 Å². The third-order valence-corrected chi connectivity index (χ3v) is 5.82. The van der Waals surface area contributed by atoms with E-state index in [0.717, 1.165) is 64.2 Å². The maximum atomic E-state index is 12.1. The molecule has 0 aliphatic rings. The number of unbranched alkanes of at least 4 members (excludes halogenated alkanes) is 6. The minimum absolute atomic E-state index is 0.192. The maximum Gasteiger partial charge on any atom is 0.469 e. The fourth-order valence-electron chi connectivity index (χ4n) is 3.34. The van der Waals surface area contributed by atoms with Gasteiger partial charge in [0.1, 0.15) is 6.61 Å². The van der Waals surface area contributed by atoms with Gasteiger partial charge in [0.05, 0.1) is 6.61 Å². The number of esters is 2. The van der Waals surface area contributed by atoms with Crippen molar-refractivity contribution in [3.8, 4) is 0 Å². The summed E-state index contributed by atoms with van der Waals surface area (Å²) < 4.78 is 25.6. The molecular formula is C29H49O8P. The van der Waals surface area contributed by atoms with Gasteiger partial charge in [-0.15, -0.1) is 0 Å². The SMILES string of the molecule is CC/C=C\C/C=C\C/C=C\C/C=C\CCCCCCCCC(=O)OC(COC(=O)CCC)COP(=O)(O)O. The maximum absolute atomic E-state index is 12.1. The Hall–Kier alpha value is -1.99. The van der Waals surface area contributed by atoms with Crippen LogP contribution in [-0.4, -0.2) is 41.0 Å². The number of rotatable bonds is 24. The van der Waals surface area contributed by atoms with Crippen LogP contribution in [0.25, 0.3) is 0 Å². The highest BCUT2D eigenvalue weighted by Crippen LogP contribution is 2.35. The van der Waals surface area contributed by atoms with Crippen LogP contribution in [-0.2, 0) is 28.2 Å². The zero-order valence-electron chi connectivity index (χ0n) is 23.3. The van der Waals surface area contributed by atoms with Crippen LogP contribution in [0, 0.1) is 0 Å². The van der Waals surface area contributed by atoms with Gasteiger partial charge in [0.25, 0.3) is 0 Å². The first-order valence-electron chi connectivity index (χ1n) is 13.9. The summed E-state index contributed by atoms with van der Waals surface area (Å²) in [5, 5.41) is 0. The monoisotopic (exact) mass is 556 g/mol. The van der Waals surface area contributed by atoms with Crippen molar-refractivity contribution >= 4 is 19.8 Å². The molecule has 0 bridgehead atoms. The second-order valence-electron chi connectivity index (χ2n) is 8.99. The molecule has 0 spiro atoms. The van der Waals surface area contributed by atoms with Crippen molar-refractivity contribution in [1.82, 2.24) is 0 Å². The fraction of sp³-hybridized carbons (Fsp3) is 0.655. The predicted molar refractivity (Wildman–Crippen MR) is 151 cm³/mol. The summed E-state index contributed by atoms with van der Waals surface area (Å²) >= 11 is 0. The van der Waals surface area contributed by atoms with Gasteiger partial charge in [-0.3, -0.25) is 14.1 Å². The van der Waals surface area contributed by atoms with Crippen molar-refractivity contribution in [3.05, 3.63) is 48.6 Å². The highest BCUT2D eigenvalue weighted by Gasteiger charge is 2.22. The third-order valence-electron chi connectivity index (χ3n) is 5.33. The molecule has 0 radical (unpaired) electrons. The summed E-state index contributed by atoms with van der Waals surface area (Å²) in [5.74, 6) is -0.970. The largest absolute Gasteiger partial charge is 0.469 e. The molecule has 8 nitrogen and oxygen atoms in total. The lowest BCUT2D eigenvalue weighted by Gasteiger charge is -2.18. The zero-order valence-corrected chi connectivity index (χ0v) is 24.2. The second kappa shape index (κ2) is 25.3. The van der Waals surface area contributed by atoms with Gasteiger partial charge >= 0.3 is 19.8 Å². The Kier molecular flexibility index (Phi) is 24.0. The number of allylic oxidation sites excluding steroid dienone is 8. The Morgan fingerprint density at radius 1 is 0.711 bits per heavy atom. The quantitative estimate of drug-likeness (QED) is 0.0551. The summed E-state index contributed by atoms with van der Waals surface area (Å²) in [6, 6.07) is 0. The molecule has 0 saturated heterocycles. The zero-order chi connectivity index (χ0) is 28.3. The van der Waals surface area contributed by atoms with Gasteiger partial charge in [0.15, 0.2) is 6.10 Å². The first-order chi connectivity index (χ1) is 18.3. The Labute approximate surface area is 229 Å². The minimum Gasteiger partial charge on any atom is -0.462 e. The van der Waals surface area contributed by atoms with Gasteiger partial charge in [0.2, 0.25) is 0 Å². The average Bonchev–Trinajstić information content (AvgIpc) is 2.86. The Bertz CT molecular complexity index is 767. The first kappa shape index (κ1) is 36.0. The van der Waals surface area contributed by atoms with E-state index in [1.54, 1.807) is 0 Å². The van der Waals surface area contributed by atoms with Gasteiger partial charge in [-0.25, -0.2) is 4.57 Å². The molecule has 9 heteroatoms. The molecule has 0 heterocycles. The topological polar surface area (TPSA) is 119 Å². The normalized spacial score (nSPS) is 13.3. The molecule has 0 aromatic heterocycles. The van der Waals surface area contributed by atoms with Crippen molar-refractivity contribution in [2.24, 2.45) is 0 Å². The molecule has 38 heavy (non-hydrogen) atoms. The number of carbonyl (C=O) groups excluding carboxylic acids is 2. The Morgan fingerprint density at radius 3 is 1.84 bits per heavy atom. The highest BCUT2D eigenvalue weighted by atomic mass is 31.2. The van der Waals surface area contributed by atoms with Crippen LogP contribution in [0.2, 0.25) is 0 Å². The highest BCUT2D eigenvalue weighted by molar-refractivity contribution is 7.46. The number of phosphoric ester groups is 1. The van der Waals surface area contributed by atoms with Crippen LogP contribution in [0.5, 0.6) is 0 Å². The van der Waals surface area contributed by atoms with Crippen LogP contribution in [0.1, 0.15) is 104 Å². The molecular weight excluding hydrogens is 507 g/mol. The second-order valence-corrected chi connectivity index (χ2v) is 10.2. The number of carbonyl (C=O) groups is 2. The van der Waals surface area contributed by atoms with Crippen molar-refractivity contribution in [2.75, 3.05) is 13.2 Å². The van der Waals surface area contributed by atoms with Gasteiger partial charge in [-0.05, 0) is 51.4 Å². The molecule has 2 N–H and O–H groups in total. The molecule has 0 aliphatic heterocycles. The summed E-state index contributed by atoms with van der Waals surface area (Å²) in [5.41, 5.74) is 0. The van der Waals surface area contributed by atoms with Gasteiger partial charge in [-0.2, -0.15) is 0 Å². The predicted octanol–water partition coefficient (Wildman–Crippen LogP) is 7.28. The van der Waals surface area contributed by atoms with Crippen LogP contribution < -0.4 is 0 Å². The van der Waals surface area contributed by atoms with E-state index in [4.69, 9.17) is 19.3 Å². The van der Waals surface area contributed by atoms with Crippen molar-refractivity contribution in [2.45, 2.75) is 110 Å². The Morgan fingerprint density at radius 2 is 1.26 bits per heavy atom. The van der Waals surface area contributed by atoms with Gasteiger partial charge in [-0.1, -0.05) is 88.1 Å². The van der Waals surface area contributed by atoms with E-state index < -0.39 is 32.5 Å².